The van der Waals surface area contributed by atoms with Crippen LogP contribution in [0.25, 0.3) is 0 Å². The molecule has 2 unspecified atom stereocenters. The van der Waals surface area contributed by atoms with Gasteiger partial charge in [0.25, 0.3) is 0 Å². The quantitative estimate of drug-likeness (QED) is 0.749. The maximum Gasteiger partial charge on any atom is 0.354 e. The highest BCUT2D eigenvalue weighted by atomic mass is 16.6. The number of rotatable bonds is 6. The molecular weight excluding hydrogens is 258 g/mol. The molecule has 0 saturated carbocycles. The van der Waals surface area contributed by atoms with Gasteiger partial charge in [0.2, 0.25) is 6.10 Å². The van der Waals surface area contributed by atoms with Crippen molar-refractivity contribution in [1.29, 1.82) is 0 Å². The second kappa shape index (κ2) is 7.62. The van der Waals surface area contributed by atoms with Crippen molar-refractivity contribution in [3.8, 4) is 0 Å². The van der Waals surface area contributed by atoms with E-state index in [4.69, 9.17) is 9.47 Å². The Morgan fingerprint density at radius 3 is 2.35 bits per heavy atom. The van der Waals surface area contributed by atoms with Crippen molar-refractivity contribution in [3.63, 3.8) is 0 Å². The maximum atomic E-state index is 12.1. The van der Waals surface area contributed by atoms with E-state index in [0.29, 0.717) is 12.1 Å². The third-order valence-corrected chi connectivity index (χ3v) is 2.77. The molecule has 20 heavy (non-hydrogen) atoms. The van der Waals surface area contributed by atoms with E-state index in [1.165, 1.54) is 0 Å². The third-order valence-electron chi connectivity index (χ3n) is 2.77. The van der Waals surface area contributed by atoms with E-state index in [9.17, 15) is 9.59 Å². The number of ether oxygens (including phenoxy) is 2. The highest BCUT2D eigenvalue weighted by Gasteiger charge is 2.29. The van der Waals surface area contributed by atoms with E-state index < -0.39 is 18.0 Å². The Balaban J connectivity index is 2.90. The van der Waals surface area contributed by atoms with Crippen LogP contribution in [0.2, 0.25) is 0 Å². The van der Waals surface area contributed by atoms with Gasteiger partial charge in [-0.15, -0.1) is 0 Å². The zero-order chi connectivity index (χ0) is 15.1. The minimum Gasteiger partial charge on any atom is -0.460 e. The summed E-state index contributed by atoms with van der Waals surface area (Å²) in [6.45, 7) is 7.11. The number of nitrogens with zero attached hydrogens (tertiary/aromatic N) is 1. The van der Waals surface area contributed by atoms with Gasteiger partial charge in [0.05, 0.1) is 17.7 Å². The summed E-state index contributed by atoms with van der Waals surface area (Å²) in [5.74, 6) is -1.37. The van der Waals surface area contributed by atoms with Gasteiger partial charge in [-0.1, -0.05) is 26.8 Å². The van der Waals surface area contributed by atoms with Gasteiger partial charge in [0.15, 0.2) is 0 Å². The van der Waals surface area contributed by atoms with Crippen molar-refractivity contribution < 1.29 is 19.1 Å². The lowest BCUT2D eigenvalue weighted by Crippen LogP contribution is -2.27. The van der Waals surface area contributed by atoms with Crippen molar-refractivity contribution in [3.05, 3.63) is 30.1 Å². The molecule has 0 bridgehead atoms. The average molecular weight is 279 g/mol. The van der Waals surface area contributed by atoms with Gasteiger partial charge in [-0.25, -0.2) is 4.79 Å². The number of aromatic nitrogens is 1. The normalized spacial score (nSPS) is 13.7. The molecule has 1 aromatic heterocycles. The predicted octanol–water partition coefficient (Wildman–Crippen LogP) is 2.66. The molecule has 2 atom stereocenters. The Labute approximate surface area is 119 Å². The first-order chi connectivity index (χ1) is 9.45. The zero-order valence-electron chi connectivity index (χ0n) is 12.3. The Morgan fingerprint density at radius 2 is 1.85 bits per heavy atom. The molecule has 0 radical (unpaired) electrons. The van der Waals surface area contributed by atoms with Gasteiger partial charge >= 0.3 is 11.9 Å². The molecule has 0 aromatic carbocycles. The van der Waals surface area contributed by atoms with Crippen molar-refractivity contribution in [2.24, 2.45) is 5.92 Å². The molecule has 0 saturated heterocycles. The Hall–Kier alpha value is -1.91. The molecule has 0 fully saturated rings. The van der Waals surface area contributed by atoms with E-state index in [2.05, 4.69) is 4.98 Å². The first-order valence-electron chi connectivity index (χ1n) is 6.77. The van der Waals surface area contributed by atoms with Gasteiger partial charge in [0.1, 0.15) is 0 Å². The Kier molecular flexibility index (Phi) is 6.15. The largest absolute Gasteiger partial charge is 0.460 e. The number of hydrogen-bond acceptors (Lipinski definition) is 5. The lowest BCUT2D eigenvalue weighted by molar-refractivity contribution is -0.173. The van der Waals surface area contributed by atoms with Crippen LogP contribution in [0.15, 0.2) is 24.4 Å². The van der Waals surface area contributed by atoms with E-state index in [0.717, 1.165) is 0 Å². The van der Waals surface area contributed by atoms with Gasteiger partial charge in [0, 0.05) is 6.20 Å². The van der Waals surface area contributed by atoms with Crippen LogP contribution in [-0.2, 0) is 19.1 Å². The molecule has 0 aliphatic heterocycles. The summed E-state index contributed by atoms with van der Waals surface area (Å²) in [7, 11) is 0. The van der Waals surface area contributed by atoms with Crippen LogP contribution >= 0.6 is 0 Å². The summed E-state index contributed by atoms with van der Waals surface area (Å²) < 4.78 is 10.5. The van der Waals surface area contributed by atoms with E-state index >= 15 is 0 Å². The highest BCUT2D eigenvalue weighted by molar-refractivity contribution is 5.81. The van der Waals surface area contributed by atoms with Crippen molar-refractivity contribution in [2.75, 3.05) is 0 Å². The first-order valence-corrected chi connectivity index (χ1v) is 6.77. The topological polar surface area (TPSA) is 65.5 Å². The van der Waals surface area contributed by atoms with Crippen LogP contribution in [0.1, 0.15) is 45.9 Å². The molecule has 0 aliphatic carbocycles. The molecule has 110 valence electrons. The molecule has 0 N–H and O–H groups in total. The van der Waals surface area contributed by atoms with E-state index in [1.807, 2.05) is 6.92 Å². The monoisotopic (exact) mass is 279 g/mol. The van der Waals surface area contributed by atoms with Crippen molar-refractivity contribution >= 4 is 11.9 Å². The summed E-state index contributed by atoms with van der Waals surface area (Å²) >= 11 is 0. The minimum absolute atomic E-state index is 0.230. The summed E-state index contributed by atoms with van der Waals surface area (Å²) in [4.78, 5) is 27.9. The average Bonchev–Trinajstić information content (AvgIpc) is 2.44. The van der Waals surface area contributed by atoms with Gasteiger partial charge in [-0.3, -0.25) is 9.78 Å². The van der Waals surface area contributed by atoms with E-state index in [-0.39, 0.29) is 12.0 Å². The number of carbonyl (C=O) groups excluding carboxylic acids is 2. The molecular formula is C15H21NO4. The smallest absolute Gasteiger partial charge is 0.354 e. The molecule has 0 aliphatic rings. The van der Waals surface area contributed by atoms with Gasteiger partial charge in [-0.05, 0) is 25.5 Å². The van der Waals surface area contributed by atoms with Crippen LogP contribution in [0.4, 0.5) is 0 Å². The standard InChI is InChI=1S/C15H21NO4/c1-5-11(4)19-15(18)13(20-14(17)10(2)3)12-8-6-7-9-16-12/h6-11,13H,5H2,1-4H3. The van der Waals surface area contributed by atoms with Crippen LogP contribution in [0, 0.1) is 5.92 Å². The lowest BCUT2D eigenvalue weighted by Gasteiger charge is -2.19. The number of carbonyl (C=O) groups is 2. The fourth-order valence-corrected chi connectivity index (χ4v) is 1.36. The predicted molar refractivity (Wildman–Crippen MR) is 73.8 cm³/mol. The van der Waals surface area contributed by atoms with Crippen LogP contribution in [-0.4, -0.2) is 23.0 Å². The minimum atomic E-state index is -1.11. The second-order valence-corrected chi connectivity index (χ2v) is 4.88. The fourth-order valence-electron chi connectivity index (χ4n) is 1.36. The van der Waals surface area contributed by atoms with Crippen molar-refractivity contribution in [1.82, 2.24) is 4.98 Å². The molecule has 1 rings (SSSR count). The number of hydrogen-bond donors (Lipinski definition) is 0. The summed E-state index contributed by atoms with van der Waals surface area (Å²) in [6, 6.07) is 5.09. The lowest BCUT2D eigenvalue weighted by atomic mass is 10.2. The molecule has 1 heterocycles. The van der Waals surface area contributed by atoms with Crippen molar-refractivity contribution in [2.45, 2.75) is 46.3 Å². The Bertz CT molecular complexity index is 444. The zero-order valence-corrected chi connectivity index (χ0v) is 12.3. The number of esters is 2. The molecule has 5 nitrogen and oxygen atoms in total. The molecule has 0 spiro atoms. The van der Waals surface area contributed by atoms with Gasteiger partial charge in [-0.2, -0.15) is 0 Å². The van der Waals surface area contributed by atoms with Crippen LogP contribution in [0.5, 0.6) is 0 Å². The van der Waals surface area contributed by atoms with Gasteiger partial charge < -0.3 is 9.47 Å². The van der Waals surface area contributed by atoms with E-state index in [1.54, 1.807) is 45.2 Å². The summed E-state index contributed by atoms with van der Waals surface area (Å²) in [5, 5.41) is 0. The molecule has 1 aromatic rings. The second-order valence-electron chi connectivity index (χ2n) is 4.88. The fraction of sp³-hybridized carbons (Fsp3) is 0.533. The third kappa shape index (κ3) is 4.64. The maximum absolute atomic E-state index is 12.1. The van der Waals surface area contributed by atoms with Crippen LogP contribution < -0.4 is 0 Å². The van der Waals surface area contributed by atoms with Crippen LogP contribution in [0.3, 0.4) is 0 Å². The summed E-state index contributed by atoms with van der Waals surface area (Å²) in [5.41, 5.74) is 0.370. The Morgan fingerprint density at radius 1 is 1.15 bits per heavy atom. The summed E-state index contributed by atoms with van der Waals surface area (Å²) in [6.07, 6.45) is 0.896. The number of pyridine rings is 1. The highest BCUT2D eigenvalue weighted by Crippen LogP contribution is 2.19. The molecule has 5 heteroatoms. The molecule has 0 amide bonds. The SMILES string of the molecule is CCC(C)OC(=O)C(OC(=O)C(C)C)c1ccccn1. The first kappa shape index (κ1) is 16.1.